The van der Waals surface area contributed by atoms with Crippen LogP contribution in [0.15, 0.2) is 48.5 Å². The van der Waals surface area contributed by atoms with Crippen molar-refractivity contribution in [2.45, 2.75) is 13.0 Å². The van der Waals surface area contributed by atoms with Crippen molar-refractivity contribution in [3.63, 3.8) is 0 Å². The summed E-state index contributed by atoms with van der Waals surface area (Å²) in [6, 6.07) is 13.3. The van der Waals surface area contributed by atoms with Gasteiger partial charge in [0.05, 0.1) is 11.6 Å². The summed E-state index contributed by atoms with van der Waals surface area (Å²) in [5.41, 5.74) is 2.02. The molecule has 0 aliphatic rings. The zero-order chi connectivity index (χ0) is 14.8. The number of benzene rings is 2. The highest BCUT2D eigenvalue weighted by Crippen LogP contribution is 2.17. The van der Waals surface area contributed by atoms with E-state index < -0.39 is 0 Å². The molecule has 0 aliphatic carbocycles. The van der Waals surface area contributed by atoms with Crippen molar-refractivity contribution in [3.8, 4) is 0 Å². The van der Waals surface area contributed by atoms with Gasteiger partial charge in [-0.1, -0.05) is 30.3 Å². The predicted molar refractivity (Wildman–Crippen MR) is 78.4 cm³/mol. The Balaban J connectivity index is 1.81. The van der Waals surface area contributed by atoms with E-state index in [-0.39, 0.29) is 17.8 Å². The van der Waals surface area contributed by atoms with Crippen LogP contribution in [-0.4, -0.2) is 16.1 Å². The summed E-state index contributed by atoms with van der Waals surface area (Å²) in [5, 5.41) is 10.5. The first-order valence-electron chi connectivity index (χ1n) is 6.64. The van der Waals surface area contributed by atoms with Crippen LogP contribution in [0, 0.1) is 5.82 Å². The zero-order valence-corrected chi connectivity index (χ0v) is 11.4. The number of carbonyl (C=O) groups excluding carboxylic acids is 1. The summed E-state index contributed by atoms with van der Waals surface area (Å²) >= 11 is 0. The highest BCUT2D eigenvalue weighted by atomic mass is 19.1. The smallest absolute Gasteiger partial charge is 0.272 e. The fraction of sp³-hybridized carbons (Fsp3) is 0.125. The molecule has 0 aliphatic heterocycles. The van der Waals surface area contributed by atoms with Crippen LogP contribution in [0.5, 0.6) is 0 Å². The number of nitrogens with one attached hydrogen (secondary N) is 2. The van der Waals surface area contributed by atoms with E-state index >= 15 is 0 Å². The normalized spacial score (nSPS) is 12.3. The number of aromatic amines is 1. The number of nitrogens with zero attached hydrogens (tertiary/aromatic N) is 1. The zero-order valence-electron chi connectivity index (χ0n) is 11.4. The summed E-state index contributed by atoms with van der Waals surface area (Å²) in [7, 11) is 0. The van der Waals surface area contributed by atoms with Gasteiger partial charge in [-0.25, -0.2) is 4.39 Å². The van der Waals surface area contributed by atoms with Gasteiger partial charge in [0.2, 0.25) is 0 Å². The van der Waals surface area contributed by atoms with Gasteiger partial charge in [0.25, 0.3) is 5.91 Å². The second-order valence-electron chi connectivity index (χ2n) is 4.86. The molecule has 1 amide bonds. The van der Waals surface area contributed by atoms with Crippen molar-refractivity contribution >= 4 is 16.8 Å². The predicted octanol–water partition coefficient (Wildman–Crippen LogP) is 3.19. The first-order valence-corrected chi connectivity index (χ1v) is 6.64. The minimum Gasteiger partial charge on any atom is -0.344 e. The van der Waals surface area contributed by atoms with Crippen LogP contribution in [0.4, 0.5) is 4.39 Å². The van der Waals surface area contributed by atoms with Crippen molar-refractivity contribution in [2.75, 3.05) is 0 Å². The van der Waals surface area contributed by atoms with Crippen molar-refractivity contribution < 1.29 is 9.18 Å². The van der Waals surface area contributed by atoms with Crippen LogP contribution in [0.1, 0.15) is 29.0 Å². The molecule has 3 aromatic rings. The van der Waals surface area contributed by atoms with E-state index in [0.29, 0.717) is 5.69 Å². The summed E-state index contributed by atoms with van der Waals surface area (Å²) in [6.07, 6.45) is 0. The number of carbonyl (C=O) groups is 1. The maximum Gasteiger partial charge on any atom is 0.272 e. The number of amides is 1. The molecule has 2 N–H and O–H groups in total. The summed E-state index contributed by atoms with van der Waals surface area (Å²) < 4.78 is 12.9. The Morgan fingerprint density at radius 2 is 1.90 bits per heavy atom. The molecular weight excluding hydrogens is 269 g/mol. The highest BCUT2D eigenvalue weighted by Gasteiger charge is 2.16. The second-order valence-corrected chi connectivity index (χ2v) is 4.86. The van der Waals surface area contributed by atoms with Gasteiger partial charge in [0.15, 0.2) is 5.69 Å². The van der Waals surface area contributed by atoms with E-state index in [1.165, 1.54) is 12.1 Å². The Bertz CT molecular complexity index is 780. The quantitative estimate of drug-likeness (QED) is 0.775. The first kappa shape index (κ1) is 13.3. The molecule has 1 heterocycles. The summed E-state index contributed by atoms with van der Waals surface area (Å²) in [6.45, 7) is 1.85. The van der Waals surface area contributed by atoms with Crippen molar-refractivity contribution in [3.05, 3.63) is 65.6 Å². The largest absolute Gasteiger partial charge is 0.344 e. The minimum absolute atomic E-state index is 0.228. The van der Waals surface area contributed by atoms with Crippen LogP contribution >= 0.6 is 0 Å². The van der Waals surface area contributed by atoms with Crippen molar-refractivity contribution in [1.82, 2.24) is 15.5 Å². The number of hydrogen-bond donors (Lipinski definition) is 2. The molecule has 1 atom stereocenters. The molecule has 0 saturated heterocycles. The number of hydrogen-bond acceptors (Lipinski definition) is 2. The van der Waals surface area contributed by atoms with E-state index in [1.807, 2.05) is 31.2 Å². The topological polar surface area (TPSA) is 57.8 Å². The van der Waals surface area contributed by atoms with Crippen LogP contribution in [-0.2, 0) is 0 Å². The van der Waals surface area contributed by atoms with Crippen LogP contribution in [0.2, 0.25) is 0 Å². The van der Waals surface area contributed by atoms with Gasteiger partial charge in [0, 0.05) is 5.39 Å². The molecule has 5 heteroatoms. The maximum absolute atomic E-state index is 12.9. The second kappa shape index (κ2) is 5.36. The summed E-state index contributed by atoms with van der Waals surface area (Å²) in [5.74, 6) is -0.556. The van der Waals surface area contributed by atoms with Gasteiger partial charge in [-0.15, -0.1) is 0 Å². The lowest BCUT2D eigenvalue weighted by atomic mass is 10.1. The number of aromatic nitrogens is 2. The van der Waals surface area contributed by atoms with Crippen molar-refractivity contribution in [2.24, 2.45) is 0 Å². The molecule has 1 unspecified atom stereocenters. The van der Waals surface area contributed by atoms with E-state index in [9.17, 15) is 9.18 Å². The van der Waals surface area contributed by atoms with E-state index in [0.717, 1.165) is 16.5 Å². The minimum atomic E-state index is -0.296. The Morgan fingerprint density at radius 3 is 2.67 bits per heavy atom. The van der Waals surface area contributed by atoms with Crippen LogP contribution in [0.3, 0.4) is 0 Å². The number of rotatable bonds is 3. The Morgan fingerprint density at radius 1 is 1.19 bits per heavy atom. The molecular formula is C16H14FN3O. The SMILES string of the molecule is CC(NC(=O)c1n[nH]c2ccccc12)c1ccc(F)cc1. The monoisotopic (exact) mass is 283 g/mol. The first-order chi connectivity index (χ1) is 10.1. The number of para-hydroxylation sites is 1. The third kappa shape index (κ3) is 2.63. The Labute approximate surface area is 121 Å². The fourth-order valence-electron chi connectivity index (χ4n) is 2.24. The van der Waals surface area contributed by atoms with Crippen LogP contribution in [0.25, 0.3) is 10.9 Å². The van der Waals surface area contributed by atoms with E-state index in [2.05, 4.69) is 15.5 Å². The van der Waals surface area contributed by atoms with E-state index in [4.69, 9.17) is 0 Å². The fourth-order valence-corrected chi connectivity index (χ4v) is 2.24. The maximum atomic E-state index is 12.9. The lowest BCUT2D eigenvalue weighted by Gasteiger charge is -2.13. The van der Waals surface area contributed by atoms with Gasteiger partial charge >= 0.3 is 0 Å². The molecule has 3 rings (SSSR count). The van der Waals surface area contributed by atoms with Crippen LogP contribution < -0.4 is 5.32 Å². The van der Waals surface area contributed by atoms with E-state index in [1.54, 1.807) is 12.1 Å². The lowest BCUT2D eigenvalue weighted by molar-refractivity contribution is 0.0936. The third-order valence-electron chi connectivity index (χ3n) is 3.40. The third-order valence-corrected chi connectivity index (χ3v) is 3.40. The summed E-state index contributed by atoms with van der Waals surface area (Å²) in [4.78, 5) is 12.3. The molecule has 106 valence electrons. The molecule has 0 saturated carbocycles. The molecule has 2 aromatic carbocycles. The van der Waals surface area contributed by atoms with Gasteiger partial charge < -0.3 is 5.32 Å². The molecule has 4 nitrogen and oxygen atoms in total. The Hall–Kier alpha value is -2.69. The van der Waals surface area contributed by atoms with Gasteiger partial charge in [0.1, 0.15) is 5.82 Å². The highest BCUT2D eigenvalue weighted by molar-refractivity contribution is 6.04. The molecule has 0 fully saturated rings. The number of halogens is 1. The molecule has 0 radical (unpaired) electrons. The van der Waals surface area contributed by atoms with Crippen molar-refractivity contribution in [1.29, 1.82) is 0 Å². The number of H-pyrrole nitrogens is 1. The van der Waals surface area contributed by atoms with Gasteiger partial charge in [-0.2, -0.15) is 5.10 Å². The molecule has 0 spiro atoms. The number of fused-ring (bicyclic) bond motifs is 1. The Kier molecular flexibility index (Phi) is 3.39. The average Bonchev–Trinajstić information content (AvgIpc) is 2.92. The lowest BCUT2D eigenvalue weighted by Crippen LogP contribution is -2.27. The molecule has 1 aromatic heterocycles. The molecule has 21 heavy (non-hydrogen) atoms. The molecule has 0 bridgehead atoms. The van der Waals surface area contributed by atoms with Gasteiger partial charge in [-0.05, 0) is 30.7 Å². The van der Waals surface area contributed by atoms with Gasteiger partial charge in [-0.3, -0.25) is 9.89 Å². The standard InChI is InChI=1S/C16H14FN3O/c1-10(11-6-8-12(17)9-7-11)18-16(21)15-13-4-2-3-5-14(13)19-20-15/h2-10H,1H3,(H,18,21)(H,19,20). The average molecular weight is 283 g/mol.